The Hall–Kier alpha value is -0.360. The van der Waals surface area contributed by atoms with E-state index in [0.29, 0.717) is 0 Å². The quantitative estimate of drug-likeness (QED) is 0.681. The Morgan fingerprint density at radius 2 is 2.05 bits per heavy atom. The lowest BCUT2D eigenvalue weighted by Crippen LogP contribution is -2.17. The zero-order chi connectivity index (χ0) is 14.8. The monoisotopic (exact) mass is 428 g/mol. The van der Waals surface area contributed by atoms with Crippen LogP contribution in [0.3, 0.4) is 0 Å². The molecule has 112 valence electrons. The molecule has 2 aromatic rings. The third kappa shape index (κ3) is 4.31. The third-order valence-electron chi connectivity index (χ3n) is 3.64. The van der Waals surface area contributed by atoms with Crippen LogP contribution in [0.1, 0.15) is 24.0 Å². The number of nitrogens with one attached hydrogen (secondary N) is 1. The van der Waals surface area contributed by atoms with Crippen LogP contribution < -0.4 is 10.2 Å². The molecule has 1 aliphatic carbocycles. The first kappa shape index (κ1) is 15.5. The molecule has 1 aliphatic rings. The second kappa shape index (κ2) is 6.82. The molecule has 2 nitrogen and oxygen atoms in total. The molecular formula is C16H18Br2N2S. The lowest BCUT2D eigenvalue weighted by atomic mass is 10.2. The van der Waals surface area contributed by atoms with Crippen molar-refractivity contribution < 1.29 is 0 Å². The van der Waals surface area contributed by atoms with E-state index >= 15 is 0 Å². The molecule has 0 radical (unpaired) electrons. The molecule has 1 saturated carbocycles. The fourth-order valence-electron chi connectivity index (χ4n) is 2.31. The van der Waals surface area contributed by atoms with Crippen LogP contribution in [0.5, 0.6) is 0 Å². The highest BCUT2D eigenvalue weighted by Crippen LogP contribution is 2.29. The molecule has 0 bridgehead atoms. The molecule has 1 fully saturated rings. The Bertz CT molecular complexity index is 622. The molecule has 0 aliphatic heterocycles. The maximum absolute atomic E-state index is 3.71. The Kier molecular flexibility index (Phi) is 5.04. The molecule has 0 unspecified atom stereocenters. The molecule has 0 atom stereocenters. The van der Waals surface area contributed by atoms with Crippen molar-refractivity contribution in [1.29, 1.82) is 0 Å². The molecule has 5 heteroatoms. The Labute approximate surface area is 146 Å². The van der Waals surface area contributed by atoms with Gasteiger partial charge in [0.05, 0.1) is 9.47 Å². The predicted molar refractivity (Wildman–Crippen MR) is 98.1 cm³/mol. The van der Waals surface area contributed by atoms with Gasteiger partial charge in [-0.15, -0.1) is 11.3 Å². The second-order valence-electron chi connectivity index (χ2n) is 5.56. The number of rotatable bonds is 6. The largest absolute Gasteiger partial charge is 0.369 e. The Morgan fingerprint density at radius 3 is 2.67 bits per heavy atom. The maximum Gasteiger partial charge on any atom is 0.0701 e. The third-order valence-corrected chi connectivity index (χ3v) is 5.83. The second-order valence-corrected chi connectivity index (χ2v) is 8.70. The average molecular weight is 430 g/mol. The highest BCUT2D eigenvalue weighted by molar-refractivity contribution is 9.11. The van der Waals surface area contributed by atoms with E-state index in [1.807, 2.05) is 0 Å². The fourth-order valence-corrected chi connectivity index (χ4v) is 4.24. The highest BCUT2D eigenvalue weighted by atomic mass is 79.9. The first-order valence-electron chi connectivity index (χ1n) is 7.07. The predicted octanol–water partition coefficient (Wildman–Crippen LogP) is 5.16. The van der Waals surface area contributed by atoms with E-state index in [9.17, 15) is 0 Å². The number of nitrogens with zero attached hydrogens (tertiary/aromatic N) is 1. The summed E-state index contributed by atoms with van der Waals surface area (Å²) in [7, 11) is 2.13. The molecule has 21 heavy (non-hydrogen) atoms. The van der Waals surface area contributed by atoms with Crippen LogP contribution in [0.4, 0.5) is 5.69 Å². The van der Waals surface area contributed by atoms with E-state index in [1.165, 1.54) is 33.4 Å². The van der Waals surface area contributed by atoms with Crippen LogP contribution in [0.15, 0.2) is 37.9 Å². The number of hydrogen-bond acceptors (Lipinski definition) is 3. The molecule has 3 rings (SSSR count). The molecule has 1 N–H and O–H groups in total. The van der Waals surface area contributed by atoms with Crippen molar-refractivity contribution in [3.8, 4) is 0 Å². The molecule has 0 saturated heterocycles. The van der Waals surface area contributed by atoms with Gasteiger partial charge in [0.25, 0.3) is 0 Å². The number of benzene rings is 1. The van der Waals surface area contributed by atoms with Crippen molar-refractivity contribution >= 4 is 48.9 Å². The van der Waals surface area contributed by atoms with E-state index in [-0.39, 0.29) is 0 Å². The Morgan fingerprint density at radius 1 is 1.24 bits per heavy atom. The minimum absolute atomic E-state index is 0.753. The van der Waals surface area contributed by atoms with Crippen molar-refractivity contribution in [3.63, 3.8) is 0 Å². The van der Waals surface area contributed by atoms with Crippen LogP contribution in [-0.2, 0) is 13.1 Å². The van der Waals surface area contributed by atoms with Gasteiger partial charge in [-0.3, -0.25) is 0 Å². The van der Waals surface area contributed by atoms with E-state index in [4.69, 9.17) is 0 Å². The molecule has 1 aromatic carbocycles. The van der Waals surface area contributed by atoms with E-state index in [1.54, 1.807) is 11.3 Å². The molecule has 0 spiro atoms. The van der Waals surface area contributed by atoms with Crippen LogP contribution in [0.25, 0.3) is 0 Å². The fraction of sp³-hybridized carbons (Fsp3) is 0.375. The number of halogens is 2. The molecule has 1 heterocycles. The van der Waals surface area contributed by atoms with Gasteiger partial charge in [-0.05, 0) is 79.4 Å². The van der Waals surface area contributed by atoms with Gasteiger partial charge in [0.2, 0.25) is 0 Å². The standard InChI is InChI=1S/C16H18Br2N2S/c1-20(9-12-7-16(18)21-10-12)15-5-2-11(6-14(15)17)8-19-13-3-4-13/h2,5-7,10,13,19H,3-4,8-9H2,1H3. The molecule has 0 amide bonds. The van der Waals surface area contributed by atoms with Gasteiger partial charge in [0, 0.05) is 30.7 Å². The summed E-state index contributed by atoms with van der Waals surface area (Å²) < 4.78 is 2.35. The van der Waals surface area contributed by atoms with Gasteiger partial charge in [-0.2, -0.15) is 0 Å². The van der Waals surface area contributed by atoms with Gasteiger partial charge >= 0.3 is 0 Å². The summed E-state index contributed by atoms with van der Waals surface area (Å²) in [5.41, 5.74) is 3.90. The molecular weight excluding hydrogens is 412 g/mol. The zero-order valence-electron chi connectivity index (χ0n) is 11.9. The highest BCUT2D eigenvalue weighted by Gasteiger charge is 2.20. The van der Waals surface area contributed by atoms with Crippen molar-refractivity contribution in [3.05, 3.63) is 49.0 Å². The van der Waals surface area contributed by atoms with Crippen LogP contribution in [0, 0.1) is 0 Å². The first-order valence-corrected chi connectivity index (χ1v) is 9.54. The van der Waals surface area contributed by atoms with Crippen molar-refractivity contribution in [2.75, 3.05) is 11.9 Å². The summed E-state index contributed by atoms with van der Waals surface area (Å²) in [6.07, 6.45) is 2.66. The number of thiophene rings is 1. The normalized spacial score (nSPS) is 14.4. The van der Waals surface area contributed by atoms with Gasteiger partial charge in [-0.1, -0.05) is 6.07 Å². The lowest BCUT2D eigenvalue weighted by molar-refractivity contribution is 0.687. The Balaban J connectivity index is 1.65. The van der Waals surface area contributed by atoms with Gasteiger partial charge < -0.3 is 10.2 Å². The van der Waals surface area contributed by atoms with Gasteiger partial charge in [0.1, 0.15) is 0 Å². The smallest absolute Gasteiger partial charge is 0.0701 e. The zero-order valence-corrected chi connectivity index (χ0v) is 15.9. The number of anilines is 1. The maximum atomic E-state index is 3.71. The summed E-state index contributed by atoms with van der Waals surface area (Å²) in [6.45, 7) is 1.88. The van der Waals surface area contributed by atoms with E-state index < -0.39 is 0 Å². The van der Waals surface area contributed by atoms with Crippen molar-refractivity contribution in [2.45, 2.75) is 32.0 Å². The van der Waals surface area contributed by atoms with Gasteiger partial charge in [0.15, 0.2) is 0 Å². The summed E-state index contributed by atoms with van der Waals surface area (Å²) >= 11 is 8.97. The minimum atomic E-state index is 0.753. The summed E-state index contributed by atoms with van der Waals surface area (Å²) in [6, 6.07) is 9.58. The topological polar surface area (TPSA) is 15.3 Å². The van der Waals surface area contributed by atoms with E-state index in [2.05, 4.69) is 78.8 Å². The van der Waals surface area contributed by atoms with Gasteiger partial charge in [-0.25, -0.2) is 0 Å². The summed E-state index contributed by atoms with van der Waals surface area (Å²) in [4.78, 5) is 2.27. The lowest BCUT2D eigenvalue weighted by Gasteiger charge is -2.21. The minimum Gasteiger partial charge on any atom is -0.369 e. The number of hydrogen-bond donors (Lipinski definition) is 1. The van der Waals surface area contributed by atoms with Crippen molar-refractivity contribution in [1.82, 2.24) is 5.32 Å². The SMILES string of the molecule is CN(Cc1csc(Br)c1)c1ccc(CNC2CC2)cc1Br. The first-order chi connectivity index (χ1) is 10.1. The van der Waals surface area contributed by atoms with Crippen LogP contribution >= 0.6 is 43.2 Å². The van der Waals surface area contributed by atoms with Crippen LogP contribution in [0.2, 0.25) is 0 Å². The van der Waals surface area contributed by atoms with Crippen LogP contribution in [-0.4, -0.2) is 13.1 Å². The summed E-state index contributed by atoms with van der Waals surface area (Å²) in [5, 5.41) is 5.75. The average Bonchev–Trinajstić information content (AvgIpc) is 3.19. The van der Waals surface area contributed by atoms with Crippen molar-refractivity contribution in [2.24, 2.45) is 0 Å². The van der Waals surface area contributed by atoms with E-state index in [0.717, 1.165) is 23.6 Å². The molecule has 1 aromatic heterocycles. The summed E-state index contributed by atoms with van der Waals surface area (Å²) in [5.74, 6) is 0.